The van der Waals surface area contributed by atoms with Crippen LogP contribution in [0.3, 0.4) is 0 Å². The van der Waals surface area contributed by atoms with Crippen LogP contribution in [0.5, 0.6) is 11.5 Å². The third kappa shape index (κ3) is 4.55. The van der Waals surface area contributed by atoms with E-state index in [1.165, 1.54) is 0 Å². The molecule has 2 heterocycles. The molecule has 0 fully saturated rings. The Bertz CT molecular complexity index is 1610. The average molecular weight is 515 g/mol. The van der Waals surface area contributed by atoms with Gasteiger partial charge in [-0.1, -0.05) is 66.7 Å². The van der Waals surface area contributed by atoms with E-state index in [1.807, 2.05) is 60.7 Å². The summed E-state index contributed by atoms with van der Waals surface area (Å²) in [5.74, 6) is 1.53. The fraction of sp³-hybridized carbons (Fsp3) is 0.152. The molecule has 6 rings (SSSR count). The predicted octanol–water partition coefficient (Wildman–Crippen LogP) is 7.22. The van der Waals surface area contributed by atoms with Crippen molar-refractivity contribution in [3.8, 4) is 28.4 Å². The van der Waals surface area contributed by atoms with Gasteiger partial charge in [-0.15, -0.1) is 0 Å². The highest BCUT2D eigenvalue weighted by Crippen LogP contribution is 2.44. The molecule has 1 aliphatic heterocycles. The number of para-hydroxylation sites is 2. The van der Waals surface area contributed by atoms with Crippen LogP contribution in [0, 0.1) is 6.92 Å². The maximum atomic E-state index is 5.75. The van der Waals surface area contributed by atoms with Crippen LogP contribution in [0.15, 0.2) is 114 Å². The smallest absolute Gasteiger partial charge is 0.128 e. The van der Waals surface area contributed by atoms with Crippen LogP contribution < -0.4 is 14.5 Å². The van der Waals surface area contributed by atoms with E-state index >= 15 is 0 Å². The lowest BCUT2D eigenvalue weighted by molar-refractivity contribution is 0.402. The number of aryl methyl sites for hydroxylation is 1. The van der Waals surface area contributed by atoms with Crippen molar-refractivity contribution in [2.24, 2.45) is 5.10 Å². The van der Waals surface area contributed by atoms with Crippen LogP contribution in [0.2, 0.25) is 0 Å². The summed E-state index contributed by atoms with van der Waals surface area (Å²) in [5.41, 5.74) is 8.19. The van der Waals surface area contributed by atoms with Gasteiger partial charge in [0, 0.05) is 23.1 Å². The highest BCUT2D eigenvalue weighted by atomic mass is 16.5. The highest BCUT2D eigenvalue weighted by molar-refractivity contribution is 6.06. The van der Waals surface area contributed by atoms with Crippen LogP contribution in [-0.2, 0) is 0 Å². The molecule has 6 heteroatoms. The van der Waals surface area contributed by atoms with Gasteiger partial charge < -0.3 is 9.47 Å². The first-order chi connectivity index (χ1) is 19.2. The van der Waals surface area contributed by atoms with Gasteiger partial charge in [0.15, 0.2) is 0 Å². The highest BCUT2D eigenvalue weighted by Gasteiger charge is 2.36. The second-order valence-corrected chi connectivity index (χ2v) is 9.47. The predicted molar refractivity (Wildman–Crippen MR) is 156 cm³/mol. The van der Waals surface area contributed by atoms with Crippen molar-refractivity contribution in [2.75, 3.05) is 19.2 Å². The lowest BCUT2D eigenvalue weighted by Crippen LogP contribution is -2.19. The third-order valence-corrected chi connectivity index (χ3v) is 7.14. The molecule has 0 radical (unpaired) electrons. The Balaban J connectivity index is 1.55. The first-order valence-corrected chi connectivity index (χ1v) is 13.0. The van der Waals surface area contributed by atoms with E-state index in [4.69, 9.17) is 19.7 Å². The molecule has 0 saturated carbocycles. The molecule has 194 valence electrons. The quantitative estimate of drug-likeness (QED) is 0.230. The van der Waals surface area contributed by atoms with Gasteiger partial charge in [0.05, 0.1) is 48.7 Å². The second-order valence-electron chi connectivity index (χ2n) is 9.47. The zero-order valence-corrected chi connectivity index (χ0v) is 22.3. The molecule has 6 nitrogen and oxygen atoms in total. The SMILES string of the molecule is COc1ccc(OC)c(C2=NN(c3ccccc3)C(c3c(C)nn(-c4ccccc4)c3-c3ccccc3)C2)c1. The van der Waals surface area contributed by atoms with Crippen molar-refractivity contribution in [2.45, 2.75) is 19.4 Å². The Morgan fingerprint density at radius 1 is 0.744 bits per heavy atom. The van der Waals surface area contributed by atoms with E-state index in [1.54, 1.807) is 14.2 Å². The number of rotatable bonds is 7. The molecule has 4 aromatic carbocycles. The van der Waals surface area contributed by atoms with Crippen molar-refractivity contribution in [1.82, 2.24) is 9.78 Å². The van der Waals surface area contributed by atoms with E-state index in [0.29, 0.717) is 6.42 Å². The summed E-state index contributed by atoms with van der Waals surface area (Å²) in [6.45, 7) is 2.09. The number of hydrogen-bond donors (Lipinski definition) is 0. The number of ether oxygens (including phenoxy) is 2. The molecule has 1 aromatic heterocycles. The summed E-state index contributed by atoms with van der Waals surface area (Å²) in [7, 11) is 3.36. The third-order valence-electron chi connectivity index (χ3n) is 7.14. The van der Waals surface area contributed by atoms with E-state index < -0.39 is 0 Å². The van der Waals surface area contributed by atoms with Gasteiger partial charge in [-0.2, -0.15) is 10.2 Å². The Morgan fingerprint density at radius 2 is 1.38 bits per heavy atom. The first-order valence-electron chi connectivity index (χ1n) is 13.0. The van der Waals surface area contributed by atoms with Crippen molar-refractivity contribution >= 4 is 11.4 Å². The van der Waals surface area contributed by atoms with Gasteiger partial charge in [-0.05, 0) is 49.4 Å². The molecule has 0 bridgehead atoms. The Labute approximate surface area is 228 Å². The normalized spacial score (nSPS) is 14.8. The first kappa shape index (κ1) is 24.5. The maximum Gasteiger partial charge on any atom is 0.128 e. The fourth-order valence-electron chi connectivity index (χ4n) is 5.32. The van der Waals surface area contributed by atoms with Crippen molar-refractivity contribution < 1.29 is 9.47 Å². The lowest BCUT2D eigenvalue weighted by Gasteiger charge is -2.25. The van der Waals surface area contributed by atoms with E-state index in [0.717, 1.165) is 56.7 Å². The number of hydrogen-bond acceptors (Lipinski definition) is 5. The van der Waals surface area contributed by atoms with Crippen LogP contribution >= 0.6 is 0 Å². The fourth-order valence-corrected chi connectivity index (χ4v) is 5.32. The minimum Gasteiger partial charge on any atom is -0.497 e. The molecule has 39 heavy (non-hydrogen) atoms. The monoisotopic (exact) mass is 514 g/mol. The average Bonchev–Trinajstić information content (AvgIpc) is 3.59. The molecule has 0 aliphatic carbocycles. The largest absolute Gasteiger partial charge is 0.497 e. The Morgan fingerprint density at radius 3 is 2.03 bits per heavy atom. The summed E-state index contributed by atoms with van der Waals surface area (Å²) < 4.78 is 13.4. The van der Waals surface area contributed by atoms with Gasteiger partial charge in [-0.3, -0.25) is 5.01 Å². The number of hydrazone groups is 1. The van der Waals surface area contributed by atoms with E-state index in [-0.39, 0.29) is 6.04 Å². The molecule has 1 unspecified atom stereocenters. The van der Waals surface area contributed by atoms with E-state index in [9.17, 15) is 0 Å². The molecule has 1 aliphatic rings. The van der Waals surface area contributed by atoms with Gasteiger partial charge in [0.25, 0.3) is 0 Å². The molecule has 1 atom stereocenters. The number of nitrogens with zero attached hydrogens (tertiary/aromatic N) is 4. The number of methoxy groups -OCH3 is 2. The van der Waals surface area contributed by atoms with Crippen LogP contribution in [0.4, 0.5) is 5.69 Å². The number of anilines is 1. The minimum atomic E-state index is -0.0778. The zero-order chi connectivity index (χ0) is 26.8. The van der Waals surface area contributed by atoms with E-state index in [2.05, 4.69) is 65.1 Å². The molecular formula is C33H30N4O2. The molecule has 0 saturated heterocycles. The van der Waals surface area contributed by atoms with Gasteiger partial charge in [-0.25, -0.2) is 4.68 Å². The van der Waals surface area contributed by atoms with Crippen molar-refractivity contribution in [1.29, 1.82) is 0 Å². The maximum absolute atomic E-state index is 5.75. The number of aromatic nitrogens is 2. The zero-order valence-electron chi connectivity index (χ0n) is 22.3. The summed E-state index contributed by atoms with van der Waals surface area (Å²) in [6, 6.07) is 36.9. The van der Waals surface area contributed by atoms with Crippen LogP contribution in [0.1, 0.15) is 29.3 Å². The Hall–Kier alpha value is -4.84. The van der Waals surface area contributed by atoms with Crippen LogP contribution in [0.25, 0.3) is 16.9 Å². The minimum absolute atomic E-state index is 0.0778. The summed E-state index contributed by atoms with van der Waals surface area (Å²) >= 11 is 0. The Kier molecular flexibility index (Phi) is 6.59. The van der Waals surface area contributed by atoms with Gasteiger partial charge in [0.1, 0.15) is 11.5 Å². The van der Waals surface area contributed by atoms with Gasteiger partial charge >= 0.3 is 0 Å². The molecule has 0 amide bonds. The topological polar surface area (TPSA) is 51.9 Å². The lowest BCUT2D eigenvalue weighted by atomic mass is 9.93. The summed E-state index contributed by atoms with van der Waals surface area (Å²) in [4.78, 5) is 0. The standard InChI is InChI=1S/C33H30N4O2/c1-23-32(33(24-13-7-4-8-14-24)37(34-23)26-17-11-6-12-18-26)30-22-29(35-36(30)25-15-9-5-10-16-25)28-21-27(38-2)19-20-31(28)39-3/h4-21,30H,22H2,1-3H3. The summed E-state index contributed by atoms with van der Waals surface area (Å²) in [6.07, 6.45) is 0.680. The van der Waals surface area contributed by atoms with Crippen molar-refractivity contribution in [3.05, 3.63) is 126 Å². The number of benzene rings is 4. The molecule has 0 N–H and O–H groups in total. The molecule has 5 aromatic rings. The van der Waals surface area contributed by atoms with Crippen molar-refractivity contribution in [3.63, 3.8) is 0 Å². The van der Waals surface area contributed by atoms with Crippen LogP contribution in [-0.4, -0.2) is 29.7 Å². The summed E-state index contributed by atoms with van der Waals surface area (Å²) in [5, 5.41) is 12.4. The second kappa shape index (κ2) is 10.5. The molecule has 0 spiro atoms. The molecular weight excluding hydrogens is 484 g/mol. The van der Waals surface area contributed by atoms with Gasteiger partial charge in [0.2, 0.25) is 0 Å².